The van der Waals surface area contributed by atoms with Gasteiger partial charge in [-0.1, -0.05) is 29.8 Å². The molecule has 1 fully saturated rings. The number of hydrogen-bond acceptors (Lipinski definition) is 4. The molecule has 1 aromatic carbocycles. The van der Waals surface area contributed by atoms with Crippen LogP contribution in [0.4, 0.5) is 0 Å². The van der Waals surface area contributed by atoms with Crippen LogP contribution in [0.25, 0.3) is 11.0 Å². The summed E-state index contributed by atoms with van der Waals surface area (Å²) in [7, 11) is 1.86. The highest BCUT2D eigenvalue weighted by Gasteiger charge is 2.22. The van der Waals surface area contributed by atoms with Crippen LogP contribution in [0.15, 0.2) is 30.3 Å². The largest absolute Gasteiger partial charge is 0.352 e. The number of carbonyl (C=O) groups is 1. The van der Waals surface area contributed by atoms with E-state index in [-0.39, 0.29) is 5.91 Å². The summed E-state index contributed by atoms with van der Waals surface area (Å²) in [5, 5.41) is 9.26. The normalized spacial score (nSPS) is 15.6. The second-order valence-electron chi connectivity index (χ2n) is 8.24. The molecule has 1 aliphatic rings. The number of carbonyl (C=O) groups excluding carboxylic acids is 1. The molecule has 3 heterocycles. The van der Waals surface area contributed by atoms with Crippen molar-refractivity contribution in [3.8, 4) is 0 Å². The minimum Gasteiger partial charge on any atom is -0.352 e. The third kappa shape index (κ3) is 4.35. The number of aromatic nitrogens is 3. The molecule has 1 N–H and O–H groups in total. The molecule has 1 amide bonds. The zero-order chi connectivity index (χ0) is 21.3. The van der Waals surface area contributed by atoms with Crippen LogP contribution < -0.4 is 5.32 Å². The molecule has 1 aliphatic heterocycles. The van der Waals surface area contributed by atoms with E-state index < -0.39 is 0 Å². The Kier molecular flexibility index (Phi) is 6.06. The number of aryl methyl sites for hydroxylation is 3. The van der Waals surface area contributed by atoms with Crippen LogP contribution in [-0.4, -0.2) is 45.2 Å². The van der Waals surface area contributed by atoms with Gasteiger partial charge in [-0.15, -0.1) is 0 Å². The Bertz CT molecular complexity index is 1070. The van der Waals surface area contributed by atoms with Crippen LogP contribution in [0, 0.1) is 19.8 Å². The number of amides is 1. The van der Waals surface area contributed by atoms with Crippen LogP contribution >= 0.6 is 11.6 Å². The van der Waals surface area contributed by atoms with Gasteiger partial charge in [-0.05, 0) is 63.4 Å². The van der Waals surface area contributed by atoms with Gasteiger partial charge >= 0.3 is 0 Å². The van der Waals surface area contributed by atoms with Crippen LogP contribution in [0.5, 0.6) is 0 Å². The molecular weight excluding hydrogens is 398 g/mol. The summed E-state index contributed by atoms with van der Waals surface area (Å²) in [5.74, 6) is 0.449. The van der Waals surface area contributed by atoms with E-state index in [1.807, 2.05) is 45.2 Å². The maximum Gasteiger partial charge on any atom is 0.252 e. The van der Waals surface area contributed by atoms with Gasteiger partial charge in [-0.25, -0.2) is 4.98 Å². The van der Waals surface area contributed by atoms with Crippen molar-refractivity contribution in [2.24, 2.45) is 13.0 Å². The summed E-state index contributed by atoms with van der Waals surface area (Å²) in [5.41, 5.74) is 4.25. The zero-order valence-corrected chi connectivity index (χ0v) is 18.5. The van der Waals surface area contributed by atoms with E-state index in [4.69, 9.17) is 11.6 Å². The number of fused-ring (bicyclic) bond motifs is 1. The number of nitrogens with one attached hydrogen (secondary N) is 1. The maximum absolute atomic E-state index is 13.0. The minimum atomic E-state index is -0.0416. The molecule has 1 saturated heterocycles. The molecule has 30 heavy (non-hydrogen) atoms. The standard InChI is InChI=1S/C23H28ClN5O/c1-15-12-19(21-16(2)27-28(3)22(21)26-15)23(30)25-13-17-8-10-29(11-9-17)14-18-6-4-5-7-20(18)24/h4-7,12,17H,8-11,13-14H2,1-3H3,(H,25,30). The van der Waals surface area contributed by atoms with Gasteiger partial charge in [-0.2, -0.15) is 5.10 Å². The summed E-state index contributed by atoms with van der Waals surface area (Å²) in [6.07, 6.45) is 2.14. The van der Waals surface area contributed by atoms with Gasteiger partial charge < -0.3 is 5.32 Å². The number of pyridine rings is 1. The Hall–Kier alpha value is -2.44. The minimum absolute atomic E-state index is 0.0416. The van der Waals surface area contributed by atoms with Crippen LogP contribution in [0.2, 0.25) is 5.02 Å². The van der Waals surface area contributed by atoms with Crippen molar-refractivity contribution in [1.29, 1.82) is 0 Å². The van der Waals surface area contributed by atoms with E-state index in [9.17, 15) is 4.79 Å². The first-order valence-electron chi connectivity index (χ1n) is 10.5. The lowest BCUT2D eigenvalue weighted by Crippen LogP contribution is -2.38. The van der Waals surface area contributed by atoms with Crippen molar-refractivity contribution < 1.29 is 4.79 Å². The molecule has 6 nitrogen and oxygen atoms in total. The lowest BCUT2D eigenvalue weighted by molar-refractivity contribution is 0.0936. The fourth-order valence-corrected chi connectivity index (χ4v) is 4.49. The van der Waals surface area contributed by atoms with Crippen molar-refractivity contribution in [3.63, 3.8) is 0 Å². The number of piperidine rings is 1. The van der Waals surface area contributed by atoms with E-state index in [2.05, 4.69) is 26.4 Å². The molecule has 0 bridgehead atoms. The number of nitrogens with zero attached hydrogens (tertiary/aromatic N) is 4. The van der Waals surface area contributed by atoms with Crippen molar-refractivity contribution >= 4 is 28.5 Å². The molecule has 3 aromatic rings. The summed E-state index contributed by atoms with van der Waals surface area (Å²) in [6.45, 7) is 7.45. The SMILES string of the molecule is Cc1cc(C(=O)NCC2CCN(Cc3ccccc3Cl)CC2)c2c(C)nn(C)c2n1. The van der Waals surface area contributed by atoms with Crippen LogP contribution in [-0.2, 0) is 13.6 Å². The highest BCUT2D eigenvalue weighted by molar-refractivity contribution is 6.31. The van der Waals surface area contributed by atoms with Gasteiger partial charge in [-0.3, -0.25) is 14.4 Å². The molecular formula is C23H28ClN5O. The Morgan fingerprint density at radius 3 is 2.70 bits per heavy atom. The molecule has 0 aliphatic carbocycles. The van der Waals surface area contributed by atoms with Crippen molar-refractivity contribution in [2.75, 3.05) is 19.6 Å². The Labute approximate surface area is 182 Å². The van der Waals surface area contributed by atoms with E-state index in [0.717, 1.165) is 59.9 Å². The summed E-state index contributed by atoms with van der Waals surface area (Å²) in [4.78, 5) is 19.9. The lowest BCUT2D eigenvalue weighted by atomic mass is 9.96. The molecule has 0 saturated carbocycles. The monoisotopic (exact) mass is 425 g/mol. The van der Waals surface area contributed by atoms with Crippen molar-refractivity contribution in [1.82, 2.24) is 25.0 Å². The topological polar surface area (TPSA) is 63.1 Å². The van der Waals surface area contributed by atoms with Gasteiger partial charge in [0.05, 0.1) is 16.6 Å². The second kappa shape index (κ2) is 8.74. The highest BCUT2D eigenvalue weighted by Crippen LogP contribution is 2.24. The van der Waals surface area contributed by atoms with E-state index in [0.29, 0.717) is 18.0 Å². The van der Waals surface area contributed by atoms with Gasteiger partial charge in [0.2, 0.25) is 0 Å². The van der Waals surface area contributed by atoms with E-state index in [1.165, 1.54) is 5.56 Å². The number of rotatable bonds is 5. The summed E-state index contributed by atoms with van der Waals surface area (Å²) >= 11 is 6.30. The van der Waals surface area contributed by atoms with E-state index >= 15 is 0 Å². The predicted octanol–water partition coefficient (Wildman–Crippen LogP) is 3.88. The molecule has 0 unspecified atom stereocenters. The predicted molar refractivity (Wildman–Crippen MR) is 120 cm³/mol. The van der Waals surface area contributed by atoms with Gasteiger partial charge in [0, 0.05) is 30.9 Å². The third-order valence-corrected chi connectivity index (χ3v) is 6.32. The molecule has 4 rings (SSSR count). The fourth-order valence-electron chi connectivity index (χ4n) is 4.30. The van der Waals surface area contributed by atoms with E-state index in [1.54, 1.807) is 4.68 Å². The summed E-state index contributed by atoms with van der Waals surface area (Å²) < 4.78 is 1.74. The Balaban J connectivity index is 1.35. The molecule has 0 atom stereocenters. The Morgan fingerprint density at radius 2 is 1.97 bits per heavy atom. The first-order chi connectivity index (χ1) is 14.4. The van der Waals surface area contributed by atoms with Gasteiger partial charge in [0.1, 0.15) is 0 Å². The second-order valence-corrected chi connectivity index (χ2v) is 8.65. The first kappa shape index (κ1) is 20.8. The lowest BCUT2D eigenvalue weighted by Gasteiger charge is -2.32. The average molecular weight is 426 g/mol. The highest BCUT2D eigenvalue weighted by atomic mass is 35.5. The molecule has 0 radical (unpaired) electrons. The molecule has 7 heteroatoms. The van der Waals surface area contributed by atoms with Crippen molar-refractivity contribution in [3.05, 3.63) is 57.9 Å². The number of halogens is 1. The zero-order valence-electron chi connectivity index (χ0n) is 17.8. The van der Waals surface area contributed by atoms with Crippen LogP contribution in [0.1, 0.15) is 40.2 Å². The Morgan fingerprint density at radius 1 is 1.23 bits per heavy atom. The average Bonchev–Trinajstić information content (AvgIpc) is 3.01. The number of likely N-dealkylation sites (tertiary alicyclic amines) is 1. The molecule has 158 valence electrons. The van der Waals surface area contributed by atoms with Crippen molar-refractivity contribution in [2.45, 2.75) is 33.2 Å². The fraction of sp³-hybridized carbons (Fsp3) is 0.435. The molecule has 0 spiro atoms. The maximum atomic E-state index is 13.0. The van der Waals surface area contributed by atoms with Gasteiger partial charge in [0.15, 0.2) is 5.65 Å². The quantitative estimate of drug-likeness (QED) is 0.673. The first-order valence-corrected chi connectivity index (χ1v) is 10.8. The van der Waals surface area contributed by atoms with Gasteiger partial charge in [0.25, 0.3) is 5.91 Å². The number of benzene rings is 1. The number of hydrogen-bond donors (Lipinski definition) is 1. The molecule has 2 aromatic heterocycles. The summed E-state index contributed by atoms with van der Waals surface area (Å²) in [6, 6.07) is 9.89. The smallest absolute Gasteiger partial charge is 0.252 e. The van der Waals surface area contributed by atoms with Crippen LogP contribution in [0.3, 0.4) is 0 Å². The third-order valence-electron chi connectivity index (χ3n) is 5.95.